The lowest BCUT2D eigenvalue weighted by Crippen LogP contribution is -2.02. The molecule has 0 spiro atoms. The first-order valence-electron chi connectivity index (χ1n) is 6.55. The van der Waals surface area contributed by atoms with Gasteiger partial charge in [-0.15, -0.1) is 0 Å². The monoisotopic (exact) mass is 258 g/mol. The largest absolute Gasteiger partial charge is 0.256 e. The van der Waals surface area contributed by atoms with Crippen LogP contribution in [0.4, 0.5) is 0 Å². The Kier molecular flexibility index (Phi) is 1.68. The van der Waals surface area contributed by atoms with E-state index in [0.717, 1.165) is 11.0 Å². The van der Waals surface area contributed by atoms with Crippen LogP contribution < -0.4 is 0 Å². The van der Waals surface area contributed by atoms with E-state index in [1.165, 1.54) is 26.9 Å². The summed E-state index contributed by atoms with van der Waals surface area (Å²) in [5.74, 6) is 0. The molecule has 0 atom stereocenters. The zero-order valence-electron chi connectivity index (χ0n) is 10.5. The van der Waals surface area contributed by atoms with Gasteiger partial charge < -0.3 is 0 Å². The molecule has 4 heteroatoms. The smallest absolute Gasteiger partial charge is 0.0998 e. The summed E-state index contributed by atoms with van der Waals surface area (Å²) >= 11 is 0. The fourth-order valence-corrected chi connectivity index (χ4v) is 3.17. The number of aromatic nitrogens is 4. The molecular formula is C16H10N4. The molecule has 0 radical (unpaired) electrons. The summed E-state index contributed by atoms with van der Waals surface area (Å²) in [6, 6.07) is 16.9. The molecule has 5 rings (SSSR count). The first kappa shape index (κ1) is 9.97. The van der Waals surface area contributed by atoms with Gasteiger partial charge in [-0.3, -0.25) is 5.10 Å². The van der Waals surface area contributed by atoms with Crippen LogP contribution in [0.15, 0.2) is 54.7 Å². The van der Waals surface area contributed by atoms with Crippen molar-refractivity contribution in [3.05, 3.63) is 54.7 Å². The second kappa shape index (κ2) is 3.36. The lowest BCUT2D eigenvalue weighted by molar-refractivity contribution is 0.741. The standard InChI is InChI=1S/C16H10N4/c1-4-10-5-2-7-13-14(10)11(6-1)12-8-3-9-20-16(12)15(13)17-18-19-20/h1-9H,(H,17,19). The summed E-state index contributed by atoms with van der Waals surface area (Å²) in [7, 11) is 0. The van der Waals surface area contributed by atoms with Gasteiger partial charge in [0.2, 0.25) is 0 Å². The van der Waals surface area contributed by atoms with Crippen molar-refractivity contribution in [2.75, 3.05) is 0 Å². The first-order valence-corrected chi connectivity index (χ1v) is 6.55. The van der Waals surface area contributed by atoms with Gasteiger partial charge in [0.15, 0.2) is 0 Å². The molecule has 0 aliphatic heterocycles. The van der Waals surface area contributed by atoms with E-state index in [-0.39, 0.29) is 0 Å². The van der Waals surface area contributed by atoms with Crippen LogP contribution >= 0.6 is 0 Å². The van der Waals surface area contributed by atoms with Gasteiger partial charge in [-0.1, -0.05) is 47.7 Å². The van der Waals surface area contributed by atoms with E-state index < -0.39 is 0 Å². The second-order valence-corrected chi connectivity index (χ2v) is 5.00. The van der Waals surface area contributed by atoms with E-state index in [2.05, 4.69) is 58.0 Å². The number of hydrogen-bond acceptors (Lipinski definition) is 2. The van der Waals surface area contributed by atoms with E-state index in [4.69, 9.17) is 0 Å². The highest BCUT2D eigenvalue weighted by Crippen LogP contribution is 2.35. The minimum Gasteiger partial charge on any atom is -0.256 e. The van der Waals surface area contributed by atoms with E-state index in [9.17, 15) is 0 Å². The number of benzene rings is 3. The highest BCUT2D eigenvalue weighted by Gasteiger charge is 2.12. The number of nitrogens with zero attached hydrogens (tertiary/aromatic N) is 3. The molecule has 5 aromatic rings. The lowest BCUT2D eigenvalue weighted by atomic mass is 9.96. The molecule has 0 saturated carbocycles. The molecule has 2 aromatic heterocycles. The minimum atomic E-state index is 1.03. The molecule has 0 aliphatic carbocycles. The van der Waals surface area contributed by atoms with E-state index >= 15 is 0 Å². The number of hydrogen-bond donors (Lipinski definition) is 1. The molecule has 3 aromatic carbocycles. The number of aromatic amines is 1. The van der Waals surface area contributed by atoms with Gasteiger partial charge in [0, 0.05) is 17.0 Å². The van der Waals surface area contributed by atoms with E-state index in [0.29, 0.717) is 0 Å². The Labute approximate surface area is 113 Å². The number of nitrogens with one attached hydrogen (secondary N) is 1. The van der Waals surface area contributed by atoms with Crippen molar-refractivity contribution in [2.24, 2.45) is 0 Å². The summed E-state index contributed by atoms with van der Waals surface area (Å²) in [5.41, 5.74) is 2.11. The fraction of sp³-hybridized carbons (Fsp3) is 0. The summed E-state index contributed by atoms with van der Waals surface area (Å²) in [6.45, 7) is 0. The fourth-order valence-electron chi connectivity index (χ4n) is 3.17. The van der Waals surface area contributed by atoms with Crippen LogP contribution in [0.1, 0.15) is 0 Å². The zero-order valence-corrected chi connectivity index (χ0v) is 10.5. The van der Waals surface area contributed by atoms with Crippen LogP contribution in [-0.4, -0.2) is 20.0 Å². The molecule has 0 aliphatic rings. The van der Waals surface area contributed by atoms with Crippen molar-refractivity contribution in [1.82, 2.24) is 20.0 Å². The van der Waals surface area contributed by atoms with Crippen molar-refractivity contribution in [3.8, 4) is 0 Å². The Morgan fingerprint density at radius 2 is 1.65 bits per heavy atom. The van der Waals surface area contributed by atoms with Crippen molar-refractivity contribution >= 4 is 38.0 Å². The molecule has 1 N–H and O–H groups in total. The topological polar surface area (TPSA) is 46.0 Å². The van der Waals surface area contributed by atoms with E-state index in [1.54, 1.807) is 0 Å². The van der Waals surface area contributed by atoms with Crippen molar-refractivity contribution in [2.45, 2.75) is 0 Å². The molecule has 4 nitrogen and oxygen atoms in total. The number of rotatable bonds is 0. The second-order valence-electron chi connectivity index (χ2n) is 5.00. The van der Waals surface area contributed by atoms with Crippen molar-refractivity contribution in [1.29, 1.82) is 0 Å². The van der Waals surface area contributed by atoms with Gasteiger partial charge in [-0.25, -0.2) is 4.52 Å². The SMILES string of the molecule is c1cc2cccc3c4[nH]nnn5cccc(c(c1)c23)c45. The molecule has 2 heterocycles. The van der Waals surface area contributed by atoms with Gasteiger partial charge in [-0.2, -0.15) is 0 Å². The average molecular weight is 258 g/mol. The Hall–Kier alpha value is -2.88. The van der Waals surface area contributed by atoms with Gasteiger partial charge in [0.1, 0.15) is 0 Å². The van der Waals surface area contributed by atoms with Crippen LogP contribution in [0.25, 0.3) is 38.0 Å². The Morgan fingerprint density at radius 3 is 2.55 bits per heavy atom. The Balaban J connectivity index is 2.32. The maximum absolute atomic E-state index is 4.13. The van der Waals surface area contributed by atoms with Gasteiger partial charge in [0.25, 0.3) is 0 Å². The average Bonchev–Trinajstić information content (AvgIpc) is 2.52. The molecule has 0 amide bonds. The summed E-state index contributed by atoms with van der Waals surface area (Å²) < 4.78 is 1.83. The number of fused-ring (bicyclic) bond motifs is 2. The minimum absolute atomic E-state index is 1.03. The van der Waals surface area contributed by atoms with Crippen LogP contribution in [0.2, 0.25) is 0 Å². The highest BCUT2D eigenvalue weighted by molar-refractivity contribution is 6.27. The predicted molar refractivity (Wildman–Crippen MR) is 79.9 cm³/mol. The lowest BCUT2D eigenvalue weighted by Gasteiger charge is -2.12. The zero-order chi connectivity index (χ0) is 13.1. The summed E-state index contributed by atoms with van der Waals surface area (Å²) in [5, 5.41) is 17.4. The highest BCUT2D eigenvalue weighted by atomic mass is 15.5. The maximum atomic E-state index is 4.13. The summed E-state index contributed by atoms with van der Waals surface area (Å²) in [6.07, 6.45) is 1.93. The van der Waals surface area contributed by atoms with Gasteiger partial charge in [-0.05, 0) is 27.4 Å². The molecule has 0 unspecified atom stereocenters. The Bertz CT molecular complexity index is 931. The maximum Gasteiger partial charge on any atom is 0.0998 e. The van der Waals surface area contributed by atoms with Crippen molar-refractivity contribution < 1.29 is 0 Å². The molecule has 94 valence electrons. The van der Waals surface area contributed by atoms with Gasteiger partial charge in [0.05, 0.1) is 11.0 Å². The quantitative estimate of drug-likeness (QED) is 0.341. The third-order valence-electron chi connectivity index (χ3n) is 3.98. The van der Waals surface area contributed by atoms with Crippen LogP contribution in [0.5, 0.6) is 0 Å². The first-order chi connectivity index (χ1) is 9.93. The summed E-state index contributed by atoms with van der Waals surface area (Å²) in [4.78, 5) is 0. The molecule has 20 heavy (non-hydrogen) atoms. The number of H-pyrrole nitrogens is 1. The van der Waals surface area contributed by atoms with Crippen molar-refractivity contribution in [3.63, 3.8) is 0 Å². The van der Waals surface area contributed by atoms with E-state index in [1.807, 2.05) is 16.8 Å². The third-order valence-corrected chi connectivity index (χ3v) is 3.98. The van der Waals surface area contributed by atoms with Crippen LogP contribution in [-0.2, 0) is 0 Å². The normalized spacial score (nSPS) is 12.0. The molecule has 0 saturated heterocycles. The van der Waals surface area contributed by atoms with Crippen LogP contribution in [0, 0.1) is 0 Å². The molecule has 0 fully saturated rings. The third kappa shape index (κ3) is 1.07. The van der Waals surface area contributed by atoms with Gasteiger partial charge >= 0.3 is 0 Å². The number of pyridine rings is 1. The molecular weight excluding hydrogens is 248 g/mol. The predicted octanol–water partition coefficient (Wildman–Crippen LogP) is 3.52. The van der Waals surface area contributed by atoms with Crippen LogP contribution in [0.3, 0.4) is 0 Å². The Morgan fingerprint density at radius 1 is 0.850 bits per heavy atom. The molecule has 0 bridgehead atoms.